The van der Waals surface area contributed by atoms with E-state index in [1.54, 1.807) is 0 Å². The summed E-state index contributed by atoms with van der Waals surface area (Å²) in [5.74, 6) is 0. The molecule has 17 aromatic carbocycles. The van der Waals surface area contributed by atoms with Gasteiger partial charge >= 0.3 is 0 Å². The minimum absolute atomic E-state index is 0.00490. The maximum Gasteiger partial charge on any atom is 0.0473 e. The second-order valence-corrected chi connectivity index (χ2v) is 36.4. The monoisotopic (exact) mass is 1590 g/mol. The summed E-state index contributed by atoms with van der Waals surface area (Å²) in [6.07, 6.45) is 0. The summed E-state index contributed by atoms with van der Waals surface area (Å²) in [4.78, 5) is 7.06. The van der Waals surface area contributed by atoms with Crippen LogP contribution in [0.2, 0.25) is 0 Å². The van der Waals surface area contributed by atoms with Crippen molar-refractivity contribution in [2.45, 2.75) is 116 Å². The lowest BCUT2D eigenvalue weighted by atomic mass is 9.55. The number of fused-ring (bicyclic) bond motifs is 9. The molecule has 0 amide bonds. The van der Waals surface area contributed by atoms with Crippen LogP contribution >= 0.6 is 0 Å². The molecule has 123 heavy (non-hydrogen) atoms. The Balaban J connectivity index is 0.000000126. The molecule has 3 aliphatic rings. The van der Waals surface area contributed by atoms with Gasteiger partial charge < -0.3 is 14.7 Å². The molecule has 0 radical (unpaired) electrons. The first-order valence-electron chi connectivity index (χ1n) is 43.5. The van der Waals surface area contributed by atoms with Gasteiger partial charge in [0.05, 0.1) is 0 Å². The van der Waals surface area contributed by atoms with Crippen molar-refractivity contribution in [3.8, 4) is 89.0 Å². The summed E-state index contributed by atoms with van der Waals surface area (Å²) in [6, 6.07) is 156. The lowest BCUT2D eigenvalue weighted by Crippen LogP contribution is -2.43. The summed E-state index contributed by atoms with van der Waals surface area (Å²) in [5, 5.41) is 0. The van der Waals surface area contributed by atoms with Crippen LogP contribution in [0, 0.1) is 0 Å². The van der Waals surface area contributed by atoms with Gasteiger partial charge in [-0.05, 0) is 276 Å². The molecule has 0 saturated carbocycles. The van der Waals surface area contributed by atoms with Crippen molar-refractivity contribution < 1.29 is 0 Å². The quantitative estimate of drug-likeness (QED) is 0.107. The third kappa shape index (κ3) is 14.6. The summed E-state index contributed by atoms with van der Waals surface area (Å²) < 4.78 is 0. The van der Waals surface area contributed by atoms with Crippen LogP contribution in [0.4, 0.5) is 51.2 Å². The Labute approximate surface area is 729 Å². The fraction of sp³-hybridized carbons (Fsp3) is 0.150. The van der Waals surface area contributed by atoms with E-state index in [1.165, 1.54) is 122 Å². The molecule has 0 fully saturated rings. The minimum Gasteiger partial charge on any atom is -0.310 e. The minimum atomic E-state index is -0.0295. The maximum atomic E-state index is 2.43. The molecule has 0 atom stereocenters. The van der Waals surface area contributed by atoms with Crippen LogP contribution in [-0.4, -0.2) is 0 Å². The van der Waals surface area contributed by atoms with Crippen LogP contribution in [0.25, 0.3) is 89.0 Å². The van der Waals surface area contributed by atoms with Gasteiger partial charge in [0.2, 0.25) is 0 Å². The van der Waals surface area contributed by atoms with Crippen molar-refractivity contribution in [1.82, 2.24) is 0 Å². The number of para-hydroxylation sites is 5. The molecule has 20 rings (SSSR count). The largest absolute Gasteiger partial charge is 0.310 e. The number of hydrogen-bond acceptors (Lipinski definition) is 3. The van der Waals surface area contributed by atoms with E-state index in [9.17, 15) is 0 Å². The molecule has 0 heterocycles. The van der Waals surface area contributed by atoms with Crippen LogP contribution in [-0.2, 0) is 32.5 Å². The van der Waals surface area contributed by atoms with Crippen molar-refractivity contribution in [1.29, 1.82) is 0 Å². The molecule has 3 nitrogen and oxygen atoms in total. The highest BCUT2D eigenvalue weighted by molar-refractivity contribution is 5.95. The van der Waals surface area contributed by atoms with Crippen molar-refractivity contribution in [2.24, 2.45) is 0 Å². The first-order chi connectivity index (χ1) is 59.6. The lowest BCUT2D eigenvalue weighted by molar-refractivity contribution is 0.299. The van der Waals surface area contributed by atoms with Gasteiger partial charge in [-0.25, -0.2) is 0 Å². The van der Waals surface area contributed by atoms with Crippen molar-refractivity contribution >= 4 is 51.2 Å². The molecule has 3 aliphatic carbocycles. The van der Waals surface area contributed by atoms with Gasteiger partial charge in [-0.2, -0.15) is 0 Å². The molecular weight excluding hydrogens is 1480 g/mol. The fourth-order valence-electron chi connectivity index (χ4n) is 19.5. The van der Waals surface area contributed by atoms with E-state index in [2.05, 4.69) is 528 Å². The summed E-state index contributed by atoms with van der Waals surface area (Å²) in [6.45, 7) is 28.7. The molecule has 3 heteroatoms. The highest BCUT2D eigenvalue weighted by atomic mass is 15.2. The smallest absolute Gasteiger partial charge is 0.0473 e. The predicted molar refractivity (Wildman–Crippen MR) is 525 cm³/mol. The first-order valence-corrected chi connectivity index (χ1v) is 43.5. The van der Waals surface area contributed by atoms with Gasteiger partial charge in [0.1, 0.15) is 0 Å². The molecular formula is C120H107N3. The van der Waals surface area contributed by atoms with E-state index >= 15 is 0 Å². The zero-order valence-corrected chi connectivity index (χ0v) is 72.8. The van der Waals surface area contributed by atoms with E-state index in [4.69, 9.17) is 0 Å². The second kappa shape index (κ2) is 32.6. The van der Waals surface area contributed by atoms with Gasteiger partial charge in [-0.3, -0.25) is 0 Å². The standard InChI is InChI=1S/2C42H37N.C36H33N/c1-41(2)39-23-15-14-22-37(39)38-29-31(24-25-40(38)42(41,3)4)33-26-32(30-16-8-5-9-17-30)27-36(28-33)43(34-18-10-6-11-19-34)35-20-12-7-13-21-35;1-41(2)38-26-12-11-24-37(38)40-36(25-15-27-39(40)42(41,3)4)32-19-14-23-35(29-32)43(33-20-9-6-10-21-33)34-22-13-18-31(28-34)30-16-7-5-8-17-30;1-35(2)32-23-12-11-21-31(32)34-30(22-14-24-33(34)36(35,3)4)26-15-13-20-29(25-26)37(27-16-7-5-8-17-27)28-18-9-6-10-19-28/h2*5-29H,1-4H3;5-25H,1-4H3. The topological polar surface area (TPSA) is 9.72 Å². The Hall–Kier alpha value is -13.9. The zero-order valence-electron chi connectivity index (χ0n) is 72.8. The molecule has 0 spiro atoms. The van der Waals surface area contributed by atoms with Crippen LogP contribution in [0.15, 0.2) is 431 Å². The molecule has 0 aromatic heterocycles. The fourth-order valence-corrected chi connectivity index (χ4v) is 19.5. The Kier molecular flexibility index (Phi) is 21.3. The Morgan fingerprint density at radius 1 is 0.130 bits per heavy atom. The van der Waals surface area contributed by atoms with E-state index in [-0.39, 0.29) is 32.5 Å². The van der Waals surface area contributed by atoms with Gasteiger partial charge in [0.25, 0.3) is 0 Å². The van der Waals surface area contributed by atoms with E-state index in [0.717, 1.165) is 51.2 Å². The zero-order chi connectivity index (χ0) is 84.8. The third-order valence-corrected chi connectivity index (χ3v) is 28.2. The van der Waals surface area contributed by atoms with Crippen molar-refractivity contribution in [3.05, 3.63) is 464 Å². The highest BCUT2D eigenvalue weighted by Gasteiger charge is 2.49. The number of nitrogens with zero attached hydrogens (tertiary/aromatic N) is 3. The highest BCUT2D eigenvalue weighted by Crippen LogP contribution is 2.60. The van der Waals surface area contributed by atoms with Crippen molar-refractivity contribution in [3.63, 3.8) is 0 Å². The molecule has 0 saturated heterocycles. The molecule has 0 N–H and O–H groups in total. The average molecular weight is 1590 g/mol. The Bertz CT molecular complexity index is 6580. The van der Waals surface area contributed by atoms with E-state index < -0.39 is 0 Å². The van der Waals surface area contributed by atoms with Gasteiger partial charge in [0.15, 0.2) is 0 Å². The Morgan fingerprint density at radius 2 is 0.358 bits per heavy atom. The lowest BCUT2D eigenvalue weighted by Gasteiger charge is -2.48. The molecule has 0 unspecified atom stereocenters. The average Bonchev–Trinajstić information content (AvgIpc) is 0.718. The number of hydrogen-bond donors (Lipinski definition) is 0. The van der Waals surface area contributed by atoms with Crippen molar-refractivity contribution in [2.75, 3.05) is 14.7 Å². The number of anilines is 9. The van der Waals surface area contributed by atoms with Gasteiger partial charge in [-0.1, -0.05) is 392 Å². The number of rotatable bonds is 14. The SMILES string of the molecule is CC1(C)c2ccccc2-c2c(-c3cccc(N(c4ccccc4)c4cccc(-c5ccccc5)c4)c3)cccc2C1(C)C.CC1(C)c2ccccc2-c2c(-c3cccc(N(c4ccccc4)c4ccccc4)c3)cccc2C1(C)C.CC1(C)c2ccccc2-c2cc(-c3cc(-c4ccccc4)cc(N(c4ccccc4)c4ccccc4)c3)ccc2C1(C)C. The first kappa shape index (κ1) is 80.2. The normalized spacial score (nSPS) is 14.6. The maximum absolute atomic E-state index is 2.43. The molecule has 602 valence electrons. The van der Waals surface area contributed by atoms with E-state index in [0.29, 0.717) is 0 Å². The predicted octanol–water partition coefficient (Wildman–Crippen LogP) is 33.5. The number of benzene rings is 17. The Morgan fingerprint density at radius 3 is 0.748 bits per heavy atom. The summed E-state index contributed by atoms with van der Waals surface area (Å²) in [5.41, 5.74) is 39.1. The van der Waals surface area contributed by atoms with Crippen LogP contribution in [0.3, 0.4) is 0 Å². The molecule has 0 bridgehead atoms. The third-order valence-electron chi connectivity index (χ3n) is 28.2. The van der Waals surface area contributed by atoms with Gasteiger partial charge in [-0.15, -0.1) is 0 Å². The molecule has 17 aromatic rings. The summed E-state index contributed by atoms with van der Waals surface area (Å²) in [7, 11) is 0. The molecule has 0 aliphatic heterocycles. The van der Waals surface area contributed by atoms with Crippen LogP contribution < -0.4 is 14.7 Å². The van der Waals surface area contributed by atoms with Crippen LogP contribution in [0.5, 0.6) is 0 Å². The van der Waals surface area contributed by atoms with Gasteiger partial charge in [0, 0.05) is 51.2 Å². The second-order valence-electron chi connectivity index (χ2n) is 36.4. The summed E-state index contributed by atoms with van der Waals surface area (Å²) >= 11 is 0. The van der Waals surface area contributed by atoms with Crippen LogP contribution in [0.1, 0.15) is 116 Å². The van der Waals surface area contributed by atoms with E-state index in [1.807, 2.05) is 0 Å².